The van der Waals surface area contributed by atoms with Crippen molar-refractivity contribution in [2.75, 3.05) is 19.1 Å². The molecule has 0 radical (unpaired) electrons. The zero-order chi connectivity index (χ0) is 13.8. The third-order valence-electron chi connectivity index (χ3n) is 3.01. The van der Waals surface area contributed by atoms with E-state index in [2.05, 4.69) is 37.4 Å². The van der Waals surface area contributed by atoms with Gasteiger partial charge in [0.2, 0.25) is 0 Å². The number of likely N-dealkylation sites (N-methyl/N-ethyl adjacent to an activating group) is 1. The van der Waals surface area contributed by atoms with Crippen LogP contribution < -0.4 is 5.32 Å². The lowest BCUT2D eigenvalue weighted by Crippen LogP contribution is -2.29. The summed E-state index contributed by atoms with van der Waals surface area (Å²) in [4.78, 5) is 0. The van der Waals surface area contributed by atoms with Crippen LogP contribution in [0.1, 0.15) is 23.1 Å². The molecular formula is C14H23NO2S. The molecule has 102 valence electrons. The van der Waals surface area contributed by atoms with Crippen molar-refractivity contribution in [2.24, 2.45) is 0 Å². The van der Waals surface area contributed by atoms with Crippen LogP contribution in [0, 0.1) is 13.8 Å². The van der Waals surface area contributed by atoms with E-state index in [4.69, 9.17) is 0 Å². The van der Waals surface area contributed by atoms with Crippen molar-refractivity contribution in [1.82, 2.24) is 5.32 Å². The molecule has 0 spiro atoms. The molecule has 1 rings (SSSR count). The van der Waals surface area contributed by atoms with Crippen LogP contribution in [0.2, 0.25) is 0 Å². The topological polar surface area (TPSA) is 46.2 Å². The molecule has 0 aliphatic heterocycles. The summed E-state index contributed by atoms with van der Waals surface area (Å²) in [6.07, 6.45) is 2.81. The minimum Gasteiger partial charge on any atom is -0.317 e. The molecule has 4 heteroatoms. The summed E-state index contributed by atoms with van der Waals surface area (Å²) >= 11 is 0. The summed E-state index contributed by atoms with van der Waals surface area (Å²) in [5.74, 6) is 0.239. The van der Waals surface area contributed by atoms with Gasteiger partial charge < -0.3 is 5.32 Å². The van der Waals surface area contributed by atoms with Crippen molar-refractivity contribution in [3.05, 3.63) is 34.9 Å². The molecule has 0 saturated carbocycles. The van der Waals surface area contributed by atoms with Gasteiger partial charge >= 0.3 is 0 Å². The maximum absolute atomic E-state index is 11.2. The van der Waals surface area contributed by atoms with Crippen molar-refractivity contribution in [3.8, 4) is 0 Å². The molecule has 0 amide bonds. The Bertz CT molecular complexity index is 474. The van der Waals surface area contributed by atoms with Gasteiger partial charge in [-0.05, 0) is 39.3 Å². The summed E-state index contributed by atoms with van der Waals surface area (Å²) < 4.78 is 22.4. The maximum Gasteiger partial charge on any atom is 0.147 e. The third-order valence-corrected chi connectivity index (χ3v) is 3.99. The Labute approximate surface area is 111 Å². The van der Waals surface area contributed by atoms with Gasteiger partial charge in [0.15, 0.2) is 0 Å². The molecule has 1 N–H and O–H groups in total. The van der Waals surface area contributed by atoms with E-state index >= 15 is 0 Å². The summed E-state index contributed by atoms with van der Waals surface area (Å²) in [5, 5.41) is 3.20. The highest BCUT2D eigenvalue weighted by Crippen LogP contribution is 2.12. The minimum absolute atomic E-state index is 0.209. The highest BCUT2D eigenvalue weighted by Gasteiger charge is 2.11. The molecule has 0 aromatic heterocycles. The summed E-state index contributed by atoms with van der Waals surface area (Å²) in [6, 6.07) is 6.69. The van der Waals surface area contributed by atoms with Crippen LogP contribution in [-0.4, -0.2) is 33.5 Å². The Morgan fingerprint density at radius 1 is 1.17 bits per heavy atom. The fourth-order valence-corrected chi connectivity index (χ4v) is 2.89. The van der Waals surface area contributed by atoms with Crippen molar-refractivity contribution in [1.29, 1.82) is 0 Å². The number of sulfone groups is 1. The van der Waals surface area contributed by atoms with Crippen molar-refractivity contribution >= 4 is 9.84 Å². The summed E-state index contributed by atoms with van der Waals surface area (Å²) in [7, 11) is -0.993. The van der Waals surface area contributed by atoms with Crippen LogP contribution in [-0.2, 0) is 16.3 Å². The van der Waals surface area contributed by atoms with E-state index in [1.54, 1.807) is 0 Å². The molecule has 18 heavy (non-hydrogen) atoms. The maximum atomic E-state index is 11.2. The Morgan fingerprint density at radius 2 is 1.72 bits per heavy atom. The van der Waals surface area contributed by atoms with Gasteiger partial charge in [0, 0.05) is 12.3 Å². The Balaban J connectivity index is 2.67. The van der Waals surface area contributed by atoms with Gasteiger partial charge in [0.25, 0.3) is 0 Å². The second-order valence-electron chi connectivity index (χ2n) is 5.10. The van der Waals surface area contributed by atoms with Crippen molar-refractivity contribution in [3.63, 3.8) is 0 Å². The lowest BCUT2D eigenvalue weighted by molar-refractivity contribution is 0.534. The number of nitrogens with one attached hydrogen (secondary N) is 1. The lowest BCUT2D eigenvalue weighted by atomic mass is 10.00. The van der Waals surface area contributed by atoms with Gasteiger partial charge in [-0.15, -0.1) is 0 Å². The molecule has 0 saturated heterocycles. The first-order valence-electron chi connectivity index (χ1n) is 6.22. The highest BCUT2D eigenvalue weighted by atomic mass is 32.2. The second kappa shape index (κ2) is 6.34. The van der Waals surface area contributed by atoms with Gasteiger partial charge in [-0.1, -0.05) is 29.3 Å². The highest BCUT2D eigenvalue weighted by molar-refractivity contribution is 7.90. The second-order valence-corrected chi connectivity index (χ2v) is 7.36. The van der Waals surface area contributed by atoms with Gasteiger partial charge in [-0.25, -0.2) is 8.42 Å². The van der Waals surface area contributed by atoms with E-state index in [1.165, 1.54) is 22.9 Å². The Morgan fingerprint density at radius 3 is 2.17 bits per heavy atom. The number of rotatable bonds is 6. The van der Waals surface area contributed by atoms with Crippen LogP contribution >= 0.6 is 0 Å². The van der Waals surface area contributed by atoms with Gasteiger partial charge in [0.05, 0.1) is 5.75 Å². The largest absolute Gasteiger partial charge is 0.317 e. The molecule has 0 aliphatic rings. The monoisotopic (exact) mass is 269 g/mol. The zero-order valence-corrected chi connectivity index (χ0v) is 12.5. The van der Waals surface area contributed by atoms with Gasteiger partial charge in [0.1, 0.15) is 9.84 Å². The van der Waals surface area contributed by atoms with Crippen LogP contribution in [0.4, 0.5) is 0 Å². The summed E-state index contributed by atoms with van der Waals surface area (Å²) in [5.41, 5.74) is 3.77. The quantitative estimate of drug-likeness (QED) is 0.857. The van der Waals surface area contributed by atoms with E-state index in [9.17, 15) is 8.42 Å². The molecule has 1 aromatic rings. The molecule has 1 aromatic carbocycles. The molecule has 1 unspecified atom stereocenters. The van der Waals surface area contributed by atoms with E-state index < -0.39 is 9.84 Å². The SMILES string of the molecule is CNC(CCS(C)(=O)=O)Cc1cc(C)cc(C)c1. The molecule has 0 fully saturated rings. The van der Waals surface area contributed by atoms with E-state index in [-0.39, 0.29) is 11.8 Å². The molecule has 0 bridgehead atoms. The molecule has 1 atom stereocenters. The first-order chi connectivity index (χ1) is 8.30. The Kier molecular flexibility index (Phi) is 5.35. The fourth-order valence-electron chi connectivity index (χ4n) is 2.18. The van der Waals surface area contributed by atoms with Gasteiger partial charge in [-0.3, -0.25) is 0 Å². The normalized spacial score (nSPS) is 13.6. The smallest absolute Gasteiger partial charge is 0.147 e. The number of aryl methyl sites for hydroxylation is 2. The first-order valence-corrected chi connectivity index (χ1v) is 8.28. The number of hydrogen-bond donors (Lipinski definition) is 1. The third kappa shape index (κ3) is 5.65. The molecule has 3 nitrogen and oxygen atoms in total. The average molecular weight is 269 g/mol. The molecule has 0 aliphatic carbocycles. The molecule has 0 heterocycles. The Hall–Kier alpha value is -0.870. The van der Waals surface area contributed by atoms with E-state index in [1.807, 2.05) is 7.05 Å². The van der Waals surface area contributed by atoms with Crippen LogP contribution in [0.5, 0.6) is 0 Å². The van der Waals surface area contributed by atoms with E-state index in [0.29, 0.717) is 6.42 Å². The number of benzene rings is 1. The molecular weight excluding hydrogens is 246 g/mol. The predicted octanol–water partition coefficient (Wildman–Crippen LogP) is 1.87. The van der Waals surface area contributed by atoms with Crippen molar-refractivity contribution < 1.29 is 8.42 Å². The predicted molar refractivity (Wildman–Crippen MR) is 76.8 cm³/mol. The lowest BCUT2D eigenvalue weighted by Gasteiger charge is -2.16. The minimum atomic E-state index is -2.88. The average Bonchev–Trinajstić information content (AvgIpc) is 2.21. The fraction of sp³-hybridized carbons (Fsp3) is 0.571. The number of hydrogen-bond acceptors (Lipinski definition) is 3. The van der Waals surface area contributed by atoms with Crippen LogP contribution in [0.15, 0.2) is 18.2 Å². The van der Waals surface area contributed by atoms with Crippen LogP contribution in [0.25, 0.3) is 0 Å². The van der Waals surface area contributed by atoms with Gasteiger partial charge in [-0.2, -0.15) is 0 Å². The van der Waals surface area contributed by atoms with Crippen LogP contribution in [0.3, 0.4) is 0 Å². The van der Waals surface area contributed by atoms with Crippen molar-refractivity contribution in [2.45, 2.75) is 32.7 Å². The van der Waals surface area contributed by atoms with E-state index in [0.717, 1.165) is 6.42 Å². The first kappa shape index (κ1) is 15.2. The zero-order valence-electron chi connectivity index (χ0n) is 11.7. The standard InChI is InChI=1S/C14H23NO2S/c1-11-7-12(2)9-13(8-11)10-14(15-3)5-6-18(4,16)17/h7-9,14-15H,5-6,10H2,1-4H3. The summed E-state index contributed by atoms with van der Waals surface area (Å²) in [6.45, 7) is 4.17.